The quantitative estimate of drug-likeness (QED) is 0.353. The molecule has 3 heterocycles. The number of rotatable bonds is 4. The van der Waals surface area contributed by atoms with Crippen LogP contribution in [0.5, 0.6) is 11.5 Å². The van der Waals surface area contributed by atoms with E-state index in [1.165, 1.54) is 17.4 Å². The number of non-ortho nitro benzene ring substituents is 1. The highest BCUT2D eigenvalue weighted by molar-refractivity contribution is 7.22. The van der Waals surface area contributed by atoms with Crippen LogP contribution in [-0.2, 0) is 0 Å². The van der Waals surface area contributed by atoms with Gasteiger partial charge in [-0.05, 0) is 37.1 Å². The Hall–Kier alpha value is -3.20. The molecule has 1 fully saturated rings. The summed E-state index contributed by atoms with van der Waals surface area (Å²) >= 11 is 1.45. The highest BCUT2D eigenvalue weighted by atomic mass is 32.1. The first-order valence-corrected chi connectivity index (χ1v) is 10.6. The molecule has 0 radical (unpaired) electrons. The summed E-state index contributed by atoms with van der Waals surface area (Å²) in [5.41, 5.74) is 1.49. The summed E-state index contributed by atoms with van der Waals surface area (Å²) in [6.07, 6.45) is 1.48. The van der Waals surface area contributed by atoms with Crippen LogP contribution in [0.4, 0.5) is 10.8 Å². The first kappa shape index (κ1) is 18.8. The molecule has 1 saturated heterocycles. The van der Waals surface area contributed by atoms with Crippen molar-refractivity contribution in [1.82, 2.24) is 4.98 Å². The lowest BCUT2D eigenvalue weighted by molar-refractivity contribution is -0.384. The molecule has 2 aliphatic heterocycles. The van der Waals surface area contributed by atoms with Crippen LogP contribution in [0, 0.1) is 16.0 Å². The smallest absolute Gasteiger partial charge is 0.270 e. The van der Waals surface area contributed by atoms with Crippen molar-refractivity contribution in [1.29, 1.82) is 0 Å². The summed E-state index contributed by atoms with van der Waals surface area (Å²) < 4.78 is 11.9. The minimum absolute atomic E-state index is 0.0423. The topological polar surface area (TPSA) is 94.8 Å². The van der Waals surface area contributed by atoms with E-state index in [9.17, 15) is 14.9 Å². The highest BCUT2D eigenvalue weighted by Gasteiger charge is 2.28. The number of hydrogen-bond acceptors (Lipinski definition) is 8. The van der Waals surface area contributed by atoms with E-state index in [1.54, 1.807) is 24.3 Å². The zero-order valence-corrected chi connectivity index (χ0v) is 16.9. The fourth-order valence-corrected chi connectivity index (χ4v) is 4.97. The van der Waals surface area contributed by atoms with Gasteiger partial charge in [0.2, 0.25) is 0 Å². The number of nitrogens with zero attached hydrogens (tertiary/aromatic N) is 3. The molecule has 30 heavy (non-hydrogen) atoms. The maximum Gasteiger partial charge on any atom is 0.270 e. The number of ether oxygens (including phenoxy) is 2. The third-order valence-electron chi connectivity index (χ3n) is 5.53. The molecule has 0 atom stereocenters. The van der Waals surface area contributed by atoms with Gasteiger partial charge in [-0.2, -0.15) is 0 Å². The number of fused-ring (bicyclic) bond motifs is 2. The highest BCUT2D eigenvalue weighted by Crippen LogP contribution is 2.35. The van der Waals surface area contributed by atoms with Crippen LogP contribution in [-0.4, -0.2) is 42.0 Å². The van der Waals surface area contributed by atoms with E-state index < -0.39 is 4.92 Å². The van der Waals surface area contributed by atoms with Crippen LogP contribution < -0.4 is 14.4 Å². The predicted octanol–water partition coefficient (Wildman–Crippen LogP) is 4.08. The molecule has 5 rings (SSSR count). The van der Waals surface area contributed by atoms with Crippen molar-refractivity contribution in [2.24, 2.45) is 5.92 Å². The summed E-state index contributed by atoms with van der Waals surface area (Å²) in [5.74, 6) is 1.41. The van der Waals surface area contributed by atoms with Crippen molar-refractivity contribution >= 4 is 38.2 Å². The molecule has 1 aromatic heterocycles. The number of thiazole rings is 1. The van der Waals surface area contributed by atoms with Crippen molar-refractivity contribution in [3.05, 3.63) is 52.1 Å². The van der Waals surface area contributed by atoms with E-state index in [4.69, 9.17) is 9.47 Å². The maximum absolute atomic E-state index is 13.0. The SMILES string of the molecule is O=C(c1ccc2c(c1)OCCO2)C1CCN(c2nc3ccc([N+](=O)[O-])cc3s2)CC1. The third kappa shape index (κ3) is 3.45. The molecular formula is C21H19N3O5S. The number of Topliss-reactive ketones (excluding diaryl/α,β-unsaturated/α-hetero) is 1. The van der Waals surface area contributed by atoms with E-state index in [0.717, 1.165) is 41.3 Å². The Morgan fingerprint density at radius 2 is 1.87 bits per heavy atom. The Balaban J connectivity index is 1.27. The lowest BCUT2D eigenvalue weighted by atomic mass is 9.89. The van der Waals surface area contributed by atoms with Gasteiger partial charge in [0.05, 0.1) is 15.1 Å². The number of nitro benzene ring substituents is 1. The van der Waals surface area contributed by atoms with E-state index in [1.807, 2.05) is 6.07 Å². The summed E-state index contributed by atoms with van der Waals surface area (Å²) in [6.45, 7) is 2.47. The molecule has 0 bridgehead atoms. The molecule has 3 aromatic rings. The molecule has 154 valence electrons. The van der Waals surface area contributed by atoms with Gasteiger partial charge in [-0.3, -0.25) is 14.9 Å². The fraction of sp³-hybridized carbons (Fsp3) is 0.333. The van der Waals surface area contributed by atoms with Gasteiger partial charge >= 0.3 is 0 Å². The average Bonchev–Trinajstić information content (AvgIpc) is 3.22. The molecular weight excluding hydrogens is 406 g/mol. The Labute approximate surface area is 176 Å². The maximum atomic E-state index is 13.0. The van der Waals surface area contributed by atoms with Crippen LogP contribution in [0.1, 0.15) is 23.2 Å². The largest absolute Gasteiger partial charge is 0.486 e. The van der Waals surface area contributed by atoms with Crippen molar-refractivity contribution in [2.75, 3.05) is 31.2 Å². The van der Waals surface area contributed by atoms with Gasteiger partial charge in [-0.15, -0.1) is 0 Å². The lowest BCUT2D eigenvalue weighted by Crippen LogP contribution is -2.36. The molecule has 0 saturated carbocycles. The van der Waals surface area contributed by atoms with E-state index in [2.05, 4.69) is 9.88 Å². The second-order valence-electron chi connectivity index (χ2n) is 7.39. The number of ketones is 1. The molecule has 2 aliphatic rings. The molecule has 9 heteroatoms. The van der Waals surface area contributed by atoms with Gasteiger partial charge < -0.3 is 14.4 Å². The Morgan fingerprint density at radius 1 is 1.10 bits per heavy atom. The number of carbonyl (C=O) groups is 1. The van der Waals surface area contributed by atoms with Crippen LogP contribution in [0.15, 0.2) is 36.4 Å². The molecule has 0 aliphatic carbocycles. The Morgan fingerprint density at radius 3 is 2.63 bits per heavy atom. The first-order valence-electron chi connectivity index (χ1n) is 9.82. The second-order valence-corrected chi connectivity index (χ2v) is 8.40. The van der Waals surface area contributed by atoms with E-state index in [0.29, 0.717) is 30.3 Å². The zero-order chi connectivity index (χ0) is 20.7. The first-order chi connectivity index (χ1) is 14.6. The zero-order valence-electron chi connectivity index (χ0n) is 16.1. The van der Waals surface area contributed by atoms with Crippen molar-refractivity contribution in [2.45, 2.75) is 12.8 Å². The van der Waals surface area contributed by atoms with Crippen molar-refractivity contribution in [3.63, 3.8) is 0 Å². The normalized spacial score (nSPS) is 16.6. The van der Waals surface area contributed by atoms with E-state index in [-0.39, 0.29) is 17.4 Å². The average molecular weight is 425 g/mol. The summed E-state index contributed by atoms with van der Waals surface area (Å²) in [5, 5.41) is 11.8. The van der Waals surface area contributed by atoms with Gasteiger partial charge in [-0.25, -0.2) is 4.98 Å². The third-order valence-corrected chi connectivity index (χ3v) is 6.61. The van der Waals surface area contributed by atoms with Gasteiger partial charge in [0.25, 0.3) is 5.69 Å². The van der Waals surface area contributed by atoms with Crippen LogP contribution in [0.2, 0.25) is 0 Å². The Bertz CT molecular complexity index is 1140. The minimum atomic E-state index is -0.395. The van der Waals surface area contributed by atoms with Gasteiger partial charge in [-0.1, -0.05) is 11.3 Å². The van der Waals surface area contributed by atoms with Crippen LogP contribution in [0.3, 0.4) is 0 Å². The number of nitro groups is 1. The molecule has 0 unspecified atom stereocenters. The van der Waals surface area contributed by atoms with Gasteiger partial charge in [0, 0.05) is 36.7 Å². The number of aromatic nitrogens is 1. The van der Waals surface area contributed by atoms with Crippen molar-refractivity contribution in [3.8, 4) is 11.5 Å². The summed E-state index contributed by atoms with van der Waals surface area (Å²) in [4.78, 5) is 30.3. The van der Waals surface area contributed by atoms with Gasteiger partial charge in [0.15, 0.2) is 22.4 Å². The molecule has 2 aromatic carbocycles. The number of anilines is 1. The second kappa shape index (κ2) is 7.56. The van der Waals surface area contributed by atoms with Gasteiger partial charge in [0.1, 0.15) is 13.2 Å². The molecule has 0 spiro atoms. The number of benzene rings is 2. The number of piperidine rings is 1. The minimum Gasteiger partial charge on any atom is -0.486 e. The molecule has 0 N–H and O–H groups in total. The summed E-state index contributed by atoms with van der Waals surface area (Å²) in [6, 6.07) is 10.1. The number of carbonyl (C=O) groups excluding carboxylic acids is 1. The predicted molar refractivity (Wildman–Crippen MR) is 113 cm³/mol. The standard InChI is InChI=1S/C21H19N3O5S/c25-20(14-1-4-17-18(11-14)29-10-9-28-17)13-5-7-23(8-6-13)21-22-16-3-2-15(24(26)27)12-19(16)30-21/h1-4,11-13H,5-10H2. The fourth-order valence-electron chi connectivity index (χ4n) is 3.92. The summed E-state index contributed by atoms with van der Waals surface area (Å²) in [7, 11) is 0. The van der Waals surface area contributed by atoms with Crippen LogP contribution in [0.25, 0.3) is 10.2 Å². The van der Waals surface area contributed by atoms with E-state index >= 15 is 0 Å². The lowest BCUT2D eigenvalue weighted by Gasteiger charge is -2.31. The monoisotopic (exact) mass is 425 g/mol. The molecule has 0 amide bonds. The van der Waals surface area contributed by atoms with Crippen LogP contribution >= 0.6 is 11.3 Å². The molecule has 8 nitrogen and oxygen atoms in total. The van der Waals surface area contributed by atoms with Crippen molar-refractivity contribution < 1.29 is 19.2 Å². The Kier molecular flexibility index (Phi) is 4.74. The number of hydrogen-bond donors (Lipinski definition) is 0.